The van der Waals surface area contributed by atoms with Crippen LogP contribution in [-0.2, 0) is 6.54 Å². The lowest BCUT2D eigenvalue weighted by atomic mass is 10.0. The molecule has 110 valence electrons. The molecule has 5 heteroatoms. The highest BCUT2D eigenvalue weighted by Crippen LogP contribution is 2.33. The lowest BCUT2D eigenvalue weighted by Gasteiger charge is -2.24. The van der Waals surface area contributed by atoms with Gasteiger partial charge >= 0.3 is 0 Å². The van der Waals surface area contributed by atoms with Crippen LogP contribution in [0.15, 0.2) is 45.8 Å². The zero-order valence-corrected chi connectivity index (χ0v) is 11.5. The molecule has 0 amide bonds. The van der Waals surface area contributed by atoms with Gasteiger partial charge in [-0.1, -0.05) is 12.1 Å². The van der Waals surface area contributed by atoms with Gasteiger partial charge in [-0.2, -0.15) is 0 Å². The van der Waals surface area contributed by atoms with E-state index in [1.807, 2.05) is 6.07 Å². The van der Waals surface area contributed by atoms with Gasteiger partial charge in [-0.15, -0.1) is 0 Å². The van der Waals surface area contributed by atoms with Crippen molar-refractivity contribution < 1.29 is 13.9 Å². The highest BCUT2D eigenvalue weighted by atomic mass is 19.1. The normalized spacial score (nSPS) is 19.0. The first-order valence-corrected chi connectivity index (χ1v) is 6.94. The predicted octanol–water partition coefficient (Wildman–Crippen LogP) is 2.82. The van der Waals surface area contributed by atoms with Crippen molar-refractivity contribution in [3.05, 3.63) is 64.0 Å². The molecule has 0 saturated carbocycles. The fourth-order valence-corrected chi connectivity index (χ4v) is 2.83. The first-order chi connectivity index (χ1) is 10.1. The first-order valence-electron chi connectivity index (χ1n) is 6.94. The number of rotatable bonds is 3. The summed E-state index contributed by atoms with van der Waals surface area (Å²) in [5.74, 6) is -0.126. The summed E-state index contributed by atoms with van der Waals surface area (Å²) in [6.45, 7) is 1.34. The minimum Gasteiger partial charge on any atom is -0.502 e. The maximum absolute atomic E-state index is 13.4. The average molecular weight is 289 g/mol. The fourth-order valence-electron chi connectivity index (χ4n) is 2.83. The number of hydrogen-bond acceptors (Lipinski definition) is 4. The molecule has 1 unspecified atom stereocenters. The molecular weight excluding hydrogens is 273 g/mol. The minimum absolute atomic E-state index is 0.125. The first kappa shape index (κ1) is 13.8. The summed E-state index contributed by atoms with van der Waals surface area (Å²) in [6, 6.07) is 8.04. The van der Waals surface area contributed by atoms with Gasteiger partial charge in [0.25, 0.3) is 0 Å². The van der Waals surface area contributed by atoms with E-state index in [9.17, 15) is 14.3 Å². The van der Waals surface area contributed by atoms with E-state index in [0.717, 1.165) is 31.2 Å². The number of halogens is 1. The van der Waals surface area contributed by atoms with Gasteiger partial charge in [0.1, 0.15) is 17.8 Å². The summed E-state index contributed by atoms with van der Waals surface area (Å²) < 4.78 is 18.6. The van der Waals surface area contributed by atoms with Crippen molar-refractivity contribution in [2.45, 2.75) is 25.4 Å². The van der Waals surface area contributed by atoms with Crippen molar-refractivity contribution in [2.24, 2.45) is 0 Å². The Morgan fingerprint density at radius 2 is 2.24 bits per heavy atom. The third-order valence-electron chi connectivity index (χ3n) is 3.82. The molecule has 2 aromatic rings. The standard InChI is InChI=1S/C16H16FNO3/c17-12-4-1-3-11(7-12)14-5-2-6-18(14)9-13-8-15(19)16(20)10-21-13/h1,3-4,7-8,10,14,20H,2,5-6,9H2. The molecule has 1 aliphatic heterocycles. The second kappa shape index (κ2) is 5.69. The Morgan fingerprint density at radius 3 is 3.00 bits per heavy atom. The van der Waals surface area contributed by atoms with Crippen molar-refractivity contribution >= 4 is 0 Å². The number of benzene rings is 1. The van der Waals surface area contributed by atoms with Crippen LogP contribution in [0.2, 0.25) is 0 Å². The molecule has 1 fully saturated rings. The molecule has 1 saturated heterocycles. The third kappa shape index (κ3) is 2.97. The Labute approximate surface area is 121 Å². The summed E-state index contributed by atoms with van der Waals surface area (Å²) in [4.78, 5) is 13.6. The molecule has 1 aromatic heterocycles. The smallest absolute Gasteiger partial charge is 0.226 e. The van der Waals surface area contributed by atoms with Crippen molar-refractivity contribution in [2.75, 3.05) is 6.54 Å². The molecule has 0 radical (unpaired) electrons. The largest absolute Gasteiger partial charge is 0.502 e. The quantitative estimate of drug-likeness (QED) is 0.944. The lowest BCUT2D eigenvalue weighted by Crippen LogP contribution is -2.23. The molecule has 1 aromatic carbocycles. The molecule has 1 aliphatic rings. The van der Waals surface area contributed by atoms with Crippen LogP contribution in [0.25, 0.3) is 0 Å². The average Bonchev–Trinajstić information content (AvgIpc) is 2.91. The molecule has 1 atom stereocenters. The molecule has 0 spiro atoms. The zero-order valence-electron chi connectivity index (χ0n) is 11.5. The maximum atomic E-state index is 13.4. The van der Waals surface area contributed by atoms with Crippen LogP contribution in [0.4, 0.5) is 4.39 Å². The summed E-state index contributed by atoms with van der Waals surface area (Å²) in [5.41, 5.74) is 0.492. The Balaban J connectivity index is 1.81. The topological polar surface area (TPSA) is 53.7 Å². The van der Waals surface area contributed by atoms with Crippen LogP contribution in [0, 0.1) is 5.82 Å². The second-order valence-corrected chi connectivity index (χ2v) is 5.28. The van der Waals surface area contributed by atoms with Crippen molar-refractivity contribution in [1.82, 2.24) is 4.90 Å². The second-order valence-electron chi connectivity index (χ2n) is 5.28. The van der Waals surface area contributed by atoms with E-state index in [1.54, 1.807) is 12.1 Å². The van der Waals surface area contributed by atoms with Gasteiger partial charge in [0.05, 0.1) is 6.54 Å². The molecular formula is C16H16FNO3. The summed E-state index contributed by atoms with van der Waals surface area (Å²) in [5, 5.41) is 9.20. The van der Waals surface area contributed by atoms with Crippen LogP contribution in [0.5, 0.6) is 5.75 Å². The molecule has 21 heavy (non-hydrogen) atoms. The van der Waals surface area contributed by atoms with Gasteiger partial charge in [-0.05, 0) is 37.1 Å². The Kier molecular flexibility index (Phi) is 3.75. The molecule has 3 rings (SSSR count). The predicted molar refractivity (Wildman–Crippen MR) is 75.4 cm³/mol. The van der Waals surface area contributed by atoms with Crippen molar-refractivity contribution in [3.8, 4) is 5.75 Å². The van der Waals surface area contributed by atoms with E-state index in [2.05, 4.69) is 4.90 Å². The number of hydrogen-bond donors (Lipinski definition) is 1. The Bertz CT molecular complexity index is 698. The maximum Gasteiger partial charge on any atom is 0.226 e. The van der Waals surface area contributed by atoms with E-state index >= 15 is 0 Å². The van der Waals surface area contributed by atoms with Gasteiger partial charge < -0.3 is 9.52 Å². The molecule has 2 heterocycles. The van der Waals surface area contributed by atoms with Gasteiger partial charge in [0.15, 0.2) is 5.75 Å². The molecule has 4 nitrogen and oxygen atoms in total. The highest BCUT2D eigenvalue weighted by molar-refractivity contribution is 5.22. The molecule has 1 N–H and O–H groups in total. The minimum atomic E-state index is -0.447. The monoisotopic (exact) mass is 289 g/mol. The summed E-state index contributed by atoms with van der Waals surface area (Å²) in [7, 11) is 0. The van der Waals surface area contributed by atoms with Gasteiger partial charge in [0, 0.05) is 12.1 Å². The van der Waals surface area contributed by atoms with Crippen LogP contribution in [-0.4, -0.2) is 16.6 Å². The fraction of sp³-hybridized carbons (Fsp3) is 0.312. The molecule has 0 aliphatic carbocycles. The summed E-state index contributed by atoms with van der Waals surface area (Å²) in [6.07, 6.45) is 3.03. The van der Waals surface area contributed by atoms with E-state index in [1.165, 1.54) is 12.1 Å². The van der Waals surface area contributed by atoms with Gasteiger partial charge in [-0.25, -0.2) is 4.39 Å². The Morgan fingerprint density at radius 1 is 1.38 bits per heavy atom. The van der Waals surface area contributed by atoms with E-state index < -0.39 is 5.43 Å². The van der Waals surface area contributed by atoms with Crippen LogP contribution in [0.3, 0.4) is 0 Å². The van der Waals surface area contributed by atoms with E-state index in [-0.39, 0.29) is 17.6 Å². The number of likely N-dealkylation sites (tertiary alicyclic amines) is 1. The van der Waals surface area contributed by atoms with Crippen molar-refractivity contribution in [1.29, 1.82) is 0 Å². The zero-order chi connectivity index (χ0) is 14.8. The number of aromatic hydroxyl groups is 1. The van der Waals surface area contributed by atoms with Gasteiger partial charge in [-0.3, -0.25) is 9.69 Å². The van der Waals surface area contributed by atoms with Crippen LogP contribution >= 0.6 is 0 Å². The molecule has 0 bridgehead atoms. The Hall–Kier alpha value is -2.14. The summed E-state index contributed by atoms with van der Waals surface area (Å²) >= 11 is 0. The van der Waals surface area contributed by atoms with E-state index in [0.29, 0.717) is 12.3 Å². The lowest BCUT2D eigenvalue weighted by molar-refractivity contribution is 0.224. The SMILES string of the molecule is O=c1cc(CN2CCCC2c2cccc(F)c2)occ1O. The van der Waals surface area contributed by atoms with Crippen LogP contribution < -0.4 is 5.43 Å². The highest BCUT2D eigenvalue weighted by Gasteiger charge is 2.26. The van der Waals surface area contributed by atoms with Crippen molar-refractivity contribution in [3.63, 3.8) is 0 Å². The number of nitrogens with zero attached hydrogens (tertiary/aromatic N) is 1. The van der Waals surface area contributed by atoms with Gasteiger partial charge in [0.2, 0.25) is 5.43 Å². The third-order valence-corrected chi connectivity index (χ3v) is 3.82. The van der Waals surface area contributed by atoms with E-state index in [4.69, 9.17) is 4.42 Å². The van der Waals surface area contributed by atoms with Crippen LogP contribution in [0.1, 0.15) is 30.2 Å².